The Morgan fingerprint density at radius 1 is 1.33 bits per heavy atom. The fourth-order valence-corrected chi connectivity index (χ4v) is 2.25. The van der Waals surface area contributed by atoms with Crippen molar-refractivity contribution in [2.45, 2.75) is 64.7 Å². The molecule has 0 spiro atoms. The molecule has 0 amide bonds. The summed E-state index contributed by atoms with van der Waals surface area (Å²) in [5.41, 5.74) is 0.162. The Morgan fingerprint density at radius 3 is 2.47 bits per heavy atom. The third-order valence-electron chi connectivity index (χ3n) is 2.94. The van der Waals surface area contributed by atoms with Crippen LogP contribution < -0.4 is 5.32 Å². The van der Waals surface area contributed by atoms with Crippen molar-refractivity contribution in [1.82, 2.24) is 5.32 Å². The van der Waals surface area contributed by atoms with Gasteiger partial charge in [0.2, 0.25) is 0 Å². The first-order valence-electron chi connectivity index (χ1n) is 5.98. The molecule has 1 aliphatic rings. The fraction of sp³-hybridized carbons (Fsp3) is 1.00. The van der Waals surface area contributed by atoms with Gasteiger partial charge in [0.25, 0.3) is 0 Å². The molecule has 1 unspecified atom stereocenters. The zero-order valence-electron chi connectivity index (χ0n) is 10.2. The molecule has 0 bridgehead atoms. The van der Waals surface area contributed by atoms with Crippen LogP contribution in [0.5, 0.6) is 0 Å². The van der Waals surface area contributed by atoms with Crippen molar-refractivity contribution in [2.24, 2.45) is 5.41 Å². The lowest BCUT2D eigenvalue weighted by molar-refractivity contribution is 0.101. The number of aliphatic hydroxyl groups excluding tert-OH is 2. The summed E-state index contributed by atoms with van der Waals surface area (Å²) in [7, 11) is 0. The predicted octanol–water partition coefficient (Wildman–Crippen LogP) is 1.29. The van der Waals surface area contributed by atoms with Crippen LogP contribution in [0, 0.1) is 5.41 Å². The lowest BCUT2D eigenvalue weighted by atomic mass is 9.89. The van der Waals surface area contributed by atoms with Crippen molar-refractivity contribution in [3.63, 3.8) is 0 Å². The van der Waals surface area contributed by atoms with Gasteiger partial charge in [0.05, 0.1) is 12.2 Å². The van der Waals surface area contributed by atoms with Gasteiger partial charge < -0.3 is 15.5 Å². The largest absolute Gasteiger partial charge is 0.392 e. The normalized spacial score (nSPS) is 29.4. The summed E-state index contributed by atoms with van der Waals surface area (Å²) in [4.78, 5) is 0. The average Bonchev–Trinajstić information content (AvgIpc) is 2.44. The molecule has 0 saturated heterocycles. The summed E-state index contributed by atoms with van der Waals surface area (Å²) >= 11 is 0. The van der Waals surface area contributed by atoms with Gasteiger partial charge in [-0.2, -0.15) is 0 Å². The SMILES string of the molecule is CC(C)(C)CC(O)CN[C@H]1CCC[C@@H]1O. The molecular formula is C12H25NO2. The highest BCUT2D eigenvalue weighted by Gasteiger charge is 2.25. The number of hydrogen-bond donors (Lipinski definition) is 3. The first-order chi connectivity index (χ1) is 6.88. The van der Waals surface area contributed by atoms with Gasteiger partial charge in [-0.25, -0.2) is 0 Å². The van der Waals surface area contributed by atoms with Crippen LogP contribution in [-0.4, -0.2) is 35.0 Å². The van der Waals surface area contributed by atoms with Crippen LogP contribution in [-0.2, 0) is 0 Å². The maximum absolute atomic E-state index is 9.79. The molecule has 0 aromatic carbocycles. The van der Waals surface area contributed by atoms with E-state index >= 15 is 0 Å². The van der Waals surface area contributed by atoms with E-state index in [1.807, 2.05) is 0 Å². The summed E-state index contributed by atoms with van der Waals surface area (Å²) in [5, 5.41) is 22.6. The number of rotatable bonds is 4. The first-order valence-corrected chi connectivity index (χ1v) is 5.98. The smallest absolute Gasteiger partial charge is 0.0693 e. The molecule has 90 valence electrons. The maximum Gasteiger partial charge on any atom is 0.0693 e. The molecular weight excluding hydrogens is 190 g/mol. The zero-order valence-corrected chi connectivity index (χ0v) is 10.2. The van der Waals surface area contributed by atoms with Gasteiger partial charge in [-0.3, -0.25) is 0 Å². The predicted molar refractivity (Wildman–Crippen MR) is 61.7 cm³/mol. The van der Waals surface area contributed by atoms with Gasteiger partial charge >= 0.3 is 0 Å². The Balaban J connectivity index is 2.19. The van der Waals surface area contributed by atoms with E-state index in [0.717, 1.165) is 25.7 Å². The molecule has 1 aliphatic carbocycles. The Morgan fingerprint density at radius 2 is 2.00 bits per heavy atom. The van der Waals surface area contributed by atoms with Crippen LogP contribution in [0.3, 0.4) is 0 Å². The highest BCUT2D eigenvalue weighted by Crippen LogP contribution is 2.22. The van der Waals surface area contributed by atoms with E-state index in [2.05, 4.69) is 26.1 Å². The highest BCUT2D eigenvalue weighted by molar-refractivity contribution is 4.83. The van der Waals surface area contributed by atoms with Gasteiger partial charge in [0.15, 0.2) is 0 Å². The first kappa shape index (κ1) is 12.9. The van der Waals surface area contributed by atoms with Crippen molar-refractivity contribution >= 4 is 0 Å². The van der Waals surface area contributed by atoms with Crippen molar-refractivity contribution in [3.8, 4) is 0 Å². The van der Waals surface area contributed by atoms with Crippen molar-refractivity contribution < 1.29 is 10.2 Å². The van der Waals surface area contributed by atoms with Crippen LogP contribution >= 0.6 is 0 Å². The Bertz CT molecular complexity index is 189. The van der Waals surface area contributed by atoms with Gasteiger partial charge in [-0.1, -0.05) is 20.8 Å². The van der Waals surface area contributed by atoms with Gasteiger partial charge in [0, 0.05) is 12.6 Å². The van der Waals surface area contributed by atoms with E-state index in [1.54, 1.807) is 0 Å². The van der Waals surface area contributed by atoms with Crippen LogP contribution in [0.4, 0.5) is 0 Å². The monoisotopic (exact) mass is 215 g/mol. The van der Waals surface area contributed by atoms with Crippen LogP contribution in [0.1, 0.15) is 46.5 Å². The lowest BCUT2D eigenvalue weighted by Gasteiger charge is -2.24. The van der Waals surface area contributed by atoms with Gasteiger partial charge in [0.1, 0.15) is 0 Å². The molecule has 0 heterocycles. The third kappa shape index (κ3) is 4.96. The molecule has 3 atom stereocenters. The molecule has 0 aliphatic heterocycles. The molecule has 0 aromatic rings. The fourth-order valence-electron chi connectivity index (χ4n) is 2.25. The van der Waals surface area contributed by atoms with E-state index in [-0.39, 0.29) is 23.7 Å². The summed E-state index contributed by atoms with van der Waals surface area (Å²) in [5.74, 6) is 0. The Labute approximate surface area is 92.9 Å². The number of aliphatic hydroxyl groups is 2. The standard InChI is InChI=1S/C12H25NO2/c1-12(2,3)7-9(14)8-13-10-5-4-6-11(10)15/h9-11,13-15H,4-8H2,1-3H3/t9?,10-,11-/m0/s1. The van der Waals surface area contributed by atoms with E-state index < -0.39 is 0 Å². The Hall–Kier alpha value is -0.120. The summed E-state index contributed by atoms with van der Waals surface area (Å²) < 4.78 is 0. The average molecular weight is 215 g/mol. The second-order valence-corrected chi connectivity index (χ2v) is 5.93. The van der Waals surface area contributed by atoms with Crippen LogP contribution in [0.15, 0.2) is 0 Å². The molecule has 0 radical (unpaired) electrons. The summed E-state index contributed by atoms with van der Waals surface area (Å²) in [6.07, 6.45) is 3.29. The van der Waals surface area contributed by atoms with Crippen LogP contribution in [0.25, 0.3) is 0 Å². The molecule has 1 saturated carbocycles. The number of hydrogen-bond acceptors (Lipinski definition) is 3. The molecule has 15 heavy (non-hydrogen) atoms. The molecule has 3 nitrogen and oxygen atoms in total. The molecule has 1 fully saturated rings. The molecule has 0 aromatic heterocycles. The van der Waals surface area contributed by atoms with E-state index in [9.17, 15) is 10.2 Å². The minimum atomic E-state index is -0.308. The van der Waals surface area contributed by atoms with E-state index in [0.29, 0.717) is 6.54 Å². The van der Waals surface area contributed by atoms with E-state index in [1.165, 1.54) is 0 Å². The van der Waals surface area contributed by atoms with Gasteiger partial charge in [-0.15, -0.1) is 0 Å². The zero-order chi connectivity index (χ0) is 11.5. The maximum atomic E-state index is 9.79. The topological polar surface area (TPSA) is 52.5 Å². The second kappa shape index (κ2) is 5.28. The number of nitrogens with one attached hydrogen (secondary N) is 1. The van der Waals surface area contributed by atoms with Gasteiger partial charge in [-0.05, 0) is 31.1 Å². The van der Waals surface area contributed by atoms with E-state index in [4.69, 9.17) is 0 Å². The molecule has 3 N–H and O–H groups in total. The Kier molecular flexibility index (Phi) is 4.56. The molecule has 1 rings (SSSR count). The molecule has 3 heteroatoms. The quantitative estimate of drug-likeness (QED) is 0.662. The highest BCUT2D eigenvalue weighted by atomic mass is 16.3. The third-order valence-corrected chi connectivity index (χ3v) is 2.94. The van der Waals surface area contributed by atoms with Crippen LogP contribution in [0.2, 0.25) is 0 Å². The van der Waals surface area contributed by atoms with Crippen molar-refractivity contribution in [1.29, 1.82) is 0 Å². The minimum absolute atomic E-state index is 0.162. The second-order valence-electron chi connectivity index (χ2n) is 5.93. The van der Waals surface area contributed by atoms with Crippen molar-refractivity contribution in [2.75, 3.05) is 6.54 Å². The lowest BCUT2D eigenvalue weighted by Crippen LogP contribution is -2.41. The summed E-state index contributed by atoms with van der Waals surface area (Å²) in [6.45, 7) is 6.97. The summed E-state index contributed by atoms with van der Waals surface area (Å²) in [6, 6.07) is 0.194. The minimum Gasteiger partial charge on any atom is -0.392 e. The van der Waals surface area contributed by atoms with Crippen molar-refractivity contribution in [3.05, 3.63) is 0 Å².